The number of aliphatic hydroxyl groups excluding tert-OH is 1. The highest BCUT2D eigenvalue weighted by atomic mass is 35.5. The molecule has 46 heavy (non-hydrogen) atoms. The normalized spacial score (nSPS) is 26.2. The number of para-hydroxylation sites is 1. The highest BCUT2D eigenvalue weighted by Gasteiger charge is 2.79. The van der Waals surface area contributed by atoms with Gasteiger partial charge in [0.1, 0.15) is 17.4 Å². The molecule has 2 bridgehead atoms. The van der Waals surface area contributed by atoms with E-state index in [1.807, 2.05) is 57.2 Å². The van der Waals surface area contributed by atoms with Gasteiger partial charge < -0.3 is 29.3 Å². The Balaban J connectivity index is 1.60. The third kappa shape index (κ3) is 5.42. The first-order valence-corrected chi connectivity index (χ1v) is 16.5. The number of rotatable bonds is 14. The number of fused-ring (bicyclic) bond motifs is 1. The molecule has 5 rings (SSSR count). The molecule has 1 spiro atoms. The monoisotopic (exact) mass is 649 g/mol. The average molecular weight is 650 g/mol. The van der Waals surface area contributed by atoms with E-state index in [1.165, 1.54) is 4.90 Å². The summed E-state index contributed by atoms with van der Waals surface area (Å²) in [6.07, 6.45) is 5.03. The van der Waals surface area contributed by atoms with E-state index in [2.05, 4.69) is 13.2 Å². The second kappa shape index (κ2) is 13.6. The predicted molar refractivity (Wildman–Crippen MR) is 179 cm³/mol. The maximum Gasteiger partial charge on any atom is 0.253 e. The van der Waals surface area contributed by atoms with Crippen molar-refractivity contribution in [1.29, 1.82) is 0 Å². The molecule has 3 fully saturated rings. The van der Waals surface area contributed by atoms with Crippen LogP contribution in [0.15, 0.2) is 67.8 Å². The van der Waals surface area contributed by atoms with Crippen LogP contribution in [0.3, 0.4) is 0 Å². The number of halogens is 1. The number of aliphatic hydroxyl groups is 1. The lowest BCUT2D eigenvalue weighted by atomic mass is 9.64. The van der Waals surface area contributed by atoms with E-state index in [1.54, 1.807) is 28.0 Å². The molecule has 3 amide bonds. The summed E-state index contributed by atoms with van der Waals surface area (Å²) >= 11 is 6.67. The van der Waals surface area contributed by atoms with Crippen LogP contribution in [0.5, 0.6) is 5.75 Å². The summed E-state index contributed by atoms with van der Waals surface area (Å²) < 4.78 is 12.6. The molecular weight excluding hydrogens is 606 g/mol. The highest BCUT2D eigenvalue weighted by molar-refractivity contribution is 6.34. The van der Waals surface area contributed by atoms with Crippen LogP contribution in [0.4, 0.5) is 11.4 Å². The fourth-order valence-electron chi connectivity index (χ4n) is 7.90. The van der Waals surface area contributed by atoms with E-state index in [0.717, 1.165) is 5.56 Å². The van der Waals surface area contributed by atoms with E-state index in [0.29, 0.717) is 48.0 Å². The van der Waals surface area contributed by atoms with Crippen molar-refractivity contribution < 1.29 is 29.0 Å². The lowest BCUT2D eigenvalue weighted by molar-refractivity contribution is -0.146. The Bertz CT molecular complexity index is 1480. The van der Waals surface area contributed by atoms with Crippen molar-refractivity contribution in [3.8, 4) is 5.75 Å². The lowest BCUT2D eigenvalue weighted by Crippen LogP contribution is -2.57. The van der Waals surface area contributed by atoms with Gasteiger partial charge >= 0.3 is 0 Å². The molecule has 3 saturated heterocycles. The molecule has 3 aliphatic heterocycles. The van der Waals surface area contributed by atoms with Gasteiger partial charge in [0.15, 0.2) is 0 Å². The van der Waals surface area contributed by atoms with E-state index >= 15 is 0 Å². The Hall–Kier alpha value is -3.66. The number of anilines is 2. The number of aryl methyl sites for hydroxylation is 1. The Morgan fingerprint density at radius 3 is 2.39 bits per heavy atom. The molecule has 0 saturated carbocycles. The first kappa shape index (κ1) is 33.7. The van der Waals surface area contributed by atoms with Gasteiger partial charge in [-0.15, -0.1) is 13.2 Å². The number of hydrogen-bond donors (Lipinski definition) is 1. The van der Waals surface area contributed by atoms with Gasteiger partial charge in [0.25, 0.3) is 5.91 Å². The van der Waals surface area contributed by atoms with Gasteiger partial charge in [-0.25, -0.2) is 0 Å². The molecule has 3 heterocycles. The van der Waals surface area contributed by atoms with Gasteiger partial charge in [-0.1, -0.05) is 42.8 Å². The van der Waals surface area contributed by atoms with E-state index in [9.17, 15) is 19.5 Å². The van der Waals surface area contributed by atoms with E-state index < -0.39 is 29.1 Å². The minimum atomic E-state index is -1.23. The molecule has 246 valence electrons. The van der Waals surface area contributed by atoms with Crippen molar-refractivity contribution in [2.45, 2.75) is 63.7 Å². The zero-order chi connectivity index (χ0) is 33.2. The topological polar surface area (TPSA) is 99.6 Å². The Kier molecular flexibility index (Phi) is 9.96. The van der Waals surface area contributed by atoms with Gasteiger partial charge in [-0.3, -0.25) is 14.4 Å². The Morgan fingerprint density at radius 2 is 1.78 bits per heavy atom. The van der Waals surface area contributed by atoms with Crippen molar-refractivity contribution in [3.05, 3.63) is 78.4 Å². The fraction of sp³-hybridized carbons (Fsp3) is 0.472. The van der Waals surface area contributed by atoms with Gasteiger partial charge in [-0.05, 0) is 75.4 Å². The molecule has 9 nitrogen and oxygen atoms in total. The molecule has 2 unspecified atom stereocenters. The van der Waals surface area contributed by atoms with Crippen LogP contribution in [0.2, 0.25) is 5.02 Å². The van der Waals surface area contributed by atoms with Gasteiger partial charge in [0.05, 0.1) is 34.8 Å². The van der Waals surface area contributed by atoms with Crippen LogP contribution in [-0.4, -0.2) is 77.8 Å². The third-order valence-corrected chi connectivity index (χ3v) is 10.1. The van der Waals surface area contributed by atoms with Gasteiger partial charge in [-0.2, -0.15) is 0 Å². The van der Waals surface area contributed by atoms with Crippen LogP contribution in [-0.2, 0) is 19.1 Å². The third-order valence-electron chi connectivity index (χ3n) is 9.81. The zero-order valence-corrected chi connectivity index (χ0v) is 27.7. The number of amides is 3. The van der Waals surface area contributed by atoms with Gasteiger partial charge in [0.2, 0.25) is 11.8 Å². The van der Waals surface area contributed by atoms with Crippen molar-refractivity contribution >= 4 is 40.7 Å². The Morgan fingerprint density at radius 1 is 1.09 bits per heavy atom. The fourth-order valence-corrected chi connectivity index (χ4v) is 8.22. The number of hydrogen-bond acceptors (Lipinski definition) is 6. The quantitative estimate of drug-likeness (QED) is 0.278. The molecule has 2 aromatic rings. The molecule has 0 aliphatic carbocycles. The van der Waals surface area contributed by atoms with Crippen LogP contribution < -0.4 is 14.5 Å². The number of ether oxygens (including phenoxy) is 2. The first-order chi connectivity index (χ1) is 22.1. The second-order valence-electron chi connectivity index (χ2n) is 12.2. The van der Waals surface area contributed by atoms with Crippen molar-refractivity contribution in [2.24, 2.45) is 11.8 Å². The molecule has 2 aromatic carbocycles. The molecule has 0 aromatic heterocycles. The number of carbonyl (C=O) groups excluding carboxylic acids is 3. The van der Waals surface area contributed by atoms with E-state index in [4.69, 9.17) is 21.1 Å². The standard InChI is InChI=1S/C36H44ClN3O6/c1-6-20-38(25-14-16-26(17-15-25)45-9-4)32(42)28-29-33(43)40(22-11-23-41)31(36(29)19-18-35(28,8-3)46-36)34(44)39(21-7-2)30-24(5)12-10-13-27(30)37/h6-7,10,12-17,28-29,31,41H,1-2,8-9,11,18-23H2,3-5H3/t28-,29-,31?,35+,36?/m0/s1. The van der Waals surface area contributed by atoms with Crippen LogP contribution in [0.1, 0.15) is 45.1 Å². The van der Waals surface area contributed by atoms with Crippen LogP contribution in [0.25, 0.3) is 0 Å². The SMILES string of the molecule is C=CCN(C(=O)[C@@H]1[C@H]2C(=O)N(CCCO)C(C(=O)N(CC=C)c3c(C)cccc3Cl)C23CC[C@@]1(CC)O3)c1ccc(OCC)cc1. The molecule has 0 radical (unpaired) electrons. The van der Waals surface area contributed by atoms with Gasteiger partial charge in [0, 0.05) is 31.9 Å². The molecule has 3 aliphatic rings. The summed E-state index contributed by atoms with van der Waals surface area (Å²) in [6, 6.07) is 11.7. The second-order valence-corrected chi connectivity index (χ2v) is 12.7. The van der Waals surface area contributed by atoms with Crippen molar-refractivity contribution in [1.82, 2.24) is 4.90 Å². The summed E-state index contributed by atoms with van der Waals surface area (Å²) in [4.78, 5) is 49.0. The van der Waals surface area contributed by atoms with Crippen LogP contribution in [0, 0.1) is 18.8 Å². The maximum absolute atomic E-state index is 14.9. The first-order valence-electron chi connectivity index (χ1n) is 16.1. The zero-order valence-electron chi connectivity index (χ0n) is 26.9. The average Bonchev–Trinajstić information content (AvgIpc) is 3.65. The smallest absolute Gasteiger partial charge is 0.253 e. The lowest BCUT2D eigenvalue weighted by Gasteiger charge is -2.37. The highest BCUT2D eigenvalue weighted by Crippen LogP contribution is 2.65. The number of benzene rings is 2. The largest absolute Gasteiger partial charge is 0.494 e. The van der Waals surface area contributed by atoms with E-state index in [-0.39, 0.29) is 50.4 Å². The summed E-state index contributed by atoms with van der Waals surface area (Å²) in [5.74, 6) is -1.91. The summed E-state index contributed by atoms with van der Waals surface area (Å²) in [5, 5.41) is 10.2. The predicted octanol–water partition coefficient (Wildman–Crippen LogP) is 5.32. The minimum Gasteiger partial charge on any atom is -0.494 e. The Labute approximate surface area is 276 Å². The minimum absolute atomic E-state index is 0.145. The molecule has 5 atom stereocenters. The maximum atomic E-state index is 14.9. The number of carbonyl (C=O) groups is 3. The van der Waals surface area contributed by atoms with Crippen LogP contribution >= 0.6 is 11.6 Å². The summed E-state index contributed by atoms with van der Waals surface area (Å²) in [6.45, 7) is 14.4. The summed E-state index contributed by atoms with van der Waals surface area (Å²) in [5.41, 5.74) is -0.159. The van der Waals surface area contributed by atoms with Crippen molar-refractivity contribution in [2.75, 3.05) is 42.6 Å². The number of nitrogens with zero attached hydrogens (tertiary/aromatic N) is 3. The molecule has 1 N–H and O–H groups in total. The number of likely N-dealkylation sites (tertiary alicyclic amines) is 1. The molecule has 10 heteroatoms. The summed E-state index contributed by atoms with van der Waals surface area (Å²) in [7, 11) is 0. The van der Waals surface area contributed by atoms with Crippen molar-refractivity contribution in [3.63, 3.8) is 0 Å². The molecular formula is C36H44ClN3O6.